The number of piperidine rings is 1. The lowest BCUT2D eigenvalue weighted by atomic mass is 9.99. The Balaban J connectivity index is 1.57. The van der Waals surface area contributed by atoms with Crippen molar-refractivity contribution in [3.05, 3.63) is 16.5 Å². The van der Waals surface area contributed by atoms with Crippen LogP contribution in [-0.4, -0.2) is 50.9 Å². The number of rotatable bonds is 5. The first-order valence-electron chi connectivity index (χ1n) is 8.23. The molecule has 9 heteroatoms. The van der Waals surface area contributed by atoms with Crippen molar-refractivity contribution in [1.82, 2.24) is 14.9 Å². The van der Waals surface area contributed by atoms with Crippen molar-refractivity contribution in [3.8, 4) is 0 Å². The van der Waals surface area contributed by atoms with Crippen LogP contribution in [-0.2, 0) is 14.8 Å². The Bertz CT molecular complexity index is 686. The van der Waals surface area contributed by atoms with Gasteiger partial charge in [0, 0.05) is 19.6 Å². The van der Waals surface area contributed by atoms with Gasteiger partial charge in [0.1, 0.15) is 4.21 Å². The fourth-order valence-corrected chi connectivity index (χ4v) is 6.44. The van der Waals surface area contributed by atoms with Crippen LogP contribution in [0.15, 0.2) is 16.3 Å². The number of hydrogen-bond acceptors (Lipinski definition) is 5. The third-order valence-corrected chi connectivity index (χ3v) is 8.13. The molecule has 0 spiro atoms. The second-order valence-electron chi connectivity index (χ2n) is 6.32. The van der Waals surface area contributed by atoms with Crippen molar-refractivity contribution >= 4 is 38.9 Å². The molecule has 1 aromatic heterocycles. The van der Waals surface area contributed by atoms with E-state index in [1.807, 2.05) is 0 Å². The van der Waals surface area contributed by atoms with E-state index in [0.717, 1.165) is 43.6 Å². The Morgan fingerprint density at radius 3 is 2.88 bits per heavy atom. The SMILES string of the molecule is O=C(NCC1CCCN(S(=O)(=O)c2ccc(Cl)s2)C1)C1CCCN1. The van der Waals surface area contributed by atoms with Crippen LogP contribution in [0.3, 0.4) is 0 Å². The average Bonchev–Trinajstić information content (AvgIpc) is 3.24. The van der Waals surface area contributed by atoms with Crippen LogP contribution in [0, 0.1) is 5.92 Å². The standard InChI is InChI=1S/C15H22ClN3O3S2/c16-13-5-6-14(23-13)24(21,22)19-8-2-3-11(10-19)9-18-15(20)12-4-1-7-17-12/h5-6,11-12,17H,1-4,7-10H2,(H,18,20). The molecule has 0 aromatic carbocycles. The number of nitrogens with zero attached hydrogens (tertiary/aromatic N) is 1. The van der Waals surface area contributed by atoms with Gasteiger partial charge in [-0.1, -0.05) is 11.6 Å². The number of halogens is 1. The quantitative estimate of drug-likeness (QED) is 0.800. The van der Waals surface area contributed by atoms with Gasteiger partial charge in [-0.2, -0.15) is 4.31 Å². The first kappa shape index (κ1) is 18.1. The monoisotopic (exact) mass is 391 g/mol. The van der Waals surface area contributed by atoms with Crippen LogP contribution in [0.2, 0.25) is 4.34 Å². The lowest BCUT2D eigenvalue weighted by Gasteiger charge is -2.31. The molecule has 6 nitrogen and oxygen atoms in total. The fourth-order valence-electron chi connectivity index (χ4n) is 3.25. The Hall–Kier alpha value is -0.670. The molecule has 2 aliphatic rings. The van der Waals surface area contributed by atoms with Crippen molar-refractivity contribution in [3.63, 3.8) is 0 Å². The van der Waals surface area contributed by atoms with Gasteiger partial charge in [-0.05, 0) is 50.3 Å². The fraction of sp³-hybridized carbons (Fsp3) is 0.667. The number of hydrogen-bond donors (Lipinski definition) is 2. The minimum absolute atomic E-state index is 0.0255. The Kier molecular flexibility index (Phi) is 5.82. The van der Waals surface area contributed by atoms with E-state index in [1.54, 1.807) is 12.1 Å². The first-order valence-corrected chi connectivity index (χ1v) is 10.9. The normalized spacial score (nSPS) is 25.7. The maximum absolute atomic E-state index is 12.7. The molecular weight excluding hydrogens is 370 g/mol. The van der Waals surface area contributed by atoms with Crippen LogP contribution in [0.4, 0.5) is 0 Å². The second-order valence-corrected chi connectivity index (χ2v) is 10.2. The summed E-state index contributed by atoms with van der Waals surface area (Å²) < 4.78 is 27.6. The van der Waals surface area contributed by atoms with Gasteiger partial charge in [-0.3, -0.25) is 4.79 Å². The molecule has 0 aliphatic carbocycles. The van der Waals surface area contributed by atoms with Gasteiger partial charge in [0.15, 0.2) is 0 Å². The van der Waals surface area contributed by atoms with Gasteiger partial charge in [0.2, 0.25) is 5.91 Å². The molecule has 2 N–H and O–H groups in total. The van der Waals surface area contributed by atoms with Gasteiger partial charge in [0.25, 0.3) is 10.0 Å². The van der Waals surface area contributed by atoms with E-state index in [0.29, 0.717) is 24.0 Å². The Labute approximate surface area is 151 Å². The molecule has 0 bridgehead atoms. The van der Waals surface area contributed by atoms with Crippen molar-refractivity contribution < 1.29 is 13.2 Å². The Morgan fingerprint density at radius 2 is 2.21 bits per heavy atom. The summed E-state index contributed by atoms with van der Waals surface area (Å²) >= 11 is 6.95. The molecule has 1 aromatic rings. The molecule has 0 saturated carbocycles. The van der Waals surface area contributed by atoms with Gasteiger partial charge >= 0.3 is 0 Å². The molecule has 2 aliphatic heterocycles. The third kappa shape index (κ3) is 4.11. The average molecular weight is 392 g/mol. The molecular formula is C15H22ClN3O3S2. The molecule has 24 heavy (non-hydrogen) atoms. The lowest BCUT2D eigenvalue weighted by Crippen LogP contribution is -2.46. The minimum Gasteiger partial charge on any atom is -0.354 e. The van der Waals surface area contributed by atoms with E-state index < -0.39 is 10.0 Å². The highest BCUT2D eigenvalue weighted by Crippen LogP contribution is 2.30. The first-order chi connectivity index (χ1) is 11.5. The van der Waals surface area contributed by atoms with Crippen LogP contribution in [0.1, 0.15) is 25.7 Å². The van der Waals surface area contributed by atoms with E-state index in [1.165, 1.54) is 4.31 Å². The number of carbonyl (C=O) groups is 1. The molecule has 2 saturated heterocycles. The molecule has 0 radical (unpaired) electrons. The zero-order valence-electron chi connectivity index (χ0n) is 13.3. The largest absolute Gasteiger partial charge is 0.354 e. The van der Waals surface area contributed by atoms with Crippen LogP contribution in [0.25, 0.3) is 0 Å². The minimum atomic E-state index is -3.49. The van der Waals surface area contributed by atoms with Gasteiger partial charge in [-0.15, -0.1) is 11.3 Å². The number of amides is 1. The van der Waals surface area contributed by atoms with E-state index >= 15 is 0 Å². The molecule has 2 atom stereocenters. The van der Waals surface area contributed by atoms with Crippen molar-refractivity contribution in [2.75, 3.05) is 26.2 Å². The highest BCUT2D eigenvalue weighted by atomic mass is 35.5. The van der Waals surface area contributed by atoms with Crippen LogP contribution >= 0.6 is 22.9 Å². The van der Waals surface area contributed by atoms with Crippen molar-refractivity contribution in [2.24, 2.45) is 5.92 Å². The highest BCUT2D eigenvalue weighted by molar-refractivity contribution is 7.91. The smallest absolute Gasteiger partial charge is 0.252 e. The molecule has 2 unspecified atom stereocenters. The van der Waals surface area contributed by atoms with Crippen molar-refractivity contribution in [1.29, 1.82) is 0 Å². The van der Waals surface area contributed by atoms with E-state index in [2.05, 4.69) is 10.6 Å². The zero-order valence-corrected chi connectivity index (χ0v) is 15.7. The number of sulfonamides is 1. The summed E-state index contributed by atoms with van der Waals surface area (Å²) in [6.45, 7) is 2.37. The molecule has 1 amide bonds. The van der Waals surface area contributed by atoms with Gasteiger partial charge in [-0.25, -0.2) is 8.42 Å². The summed E-state index contributed by atoms with van der Waals surface area (Å²) in [6, 6.07) is 3.07. The number of thiophene rings is 1. The van der Waals surface area contributed by atoms with Crippen LogP contribution < -0.4 is 10.6 Å². The number of carbonyl (C=O) groups excluding carboxylic acids is 1. The number of nitrogens with one attached hydrogen (secondary N) is 2. The van der Waals surface area contributed by atoms with Gasteiger partial charge < -0.3 is 10.6 Å². The summed E-state index contributed by atoms with van der Waals surface area (Å²) in [7, 11) is -3.49. The second kappa shape index (κ2) is 7.70. The molecule has 2 fully saturated rings. The summed E-state index contributed by atoms with van der Waals surface area (Å²) in [5, 5.41) is 6.14. The highest BCUT2D eigenvalue weighted by Gasteiger charge is 2.32. The Morgan fingerprint density at radius 1 is 1.38 bits per heavy atom. The topological polar surface area (TPSA) is 78.5 Å². The summed E-state index contributed by atoms with van der Waals surface area (Å²) in [5.41, 5.74) is 0. The molecule has 3 heterocycles. The van der Waals surface area contributed by atoms with Crippen molar-refractivity contribution in [2.45, 2.75) is 35.9 Å². The summed E-state index contributed by atoms with van der Waals surface area (Å²) in [6.07, 6.45) is 3.63. The van der Waals surface area contributed by atoms with Crippen LogP contribution in [0.5, 0.6) is 0 Å². The molecule has 3 rings (SSSR count). The van der Waals surface area contributed by atoms with E-state index in [-0.39, 0.29) is 22.1 Å². The molecule has 134 valence electrons. The summed E-state index contributed by atoms with van der Waals surface area (Å²) in [4.78, 5) is 12.1. The third-order valence-electron chi connectivity index (χ3n) is 4.57. The van der Waals surface area contributed by atoms with Gasteiger partial charge in [0.05, 0.1) is 10.4 Å². The van der Waals surface area contributed by atoms with E-state index in [9.17, 15) is 13.2 Å². The maximum atomic E-state index is 12.7. The predicted octanol–water partition coefficient (Wildman–Crippen LogP) is 1.67. The lowest BCUT2D eigenvalue weighted by molar-refractivity contribution is -0.123. The maximum Gasteiger partial charge on any atom is 0.252 e. The zero-order chi connectivity index (χ0) is 17.2. The predicted molar refractivity (Wildman–Crippen MR) is 94.8 cm³/mol. The van der Waals surface area contributed by atoms with E-state index in [4.69, 9.17) is 11.6 Å². The summed E-state index contributed by atoms with van der Waals surface area (Å²) in [5.74, 6) is 0.173.